The summed E-state index contributed by atoms with van der Waals surface area (Å²) in [5.74, 6) is 1.36. The number of anilines is 1. The van der Waals surface area contributed by atoms with Crippen LogP contribution < -0.4 is 5.32 Å². The van der Waals surface area contributed by atoms with E-state index in [-0.39, 0.29) is 0 Å². The van der Waals surface area contributed by atoms with Crippen LogP contribution in [0.1, 0.15) is 22.3 Å². The zero-order chi connectivity index (χ0) is 11.5. The highest BCUT2D eigenvalue weighted by molar-refractivity contribution is 7.99. The van der Waals surface area contributed by atoms with Gasteiger partial charge in [-0.3, -0.25) is 0 Å². The standard InChI is InChI=1S/C12H15NO2S/c1-8-3-2-4-10(12(14)15)11(8)13-9-5-6-16-7-9/h2-4,9,13H,5-7H2,1H3,(H,14,15). The quantitative estimate of drug-likeness (QED) is 0.848. The van der Waals surface area contributed by atoms with E-state index in [1.807, 2.05) is 24.8 Å². The lowest BCUT2D eigenvalue weighted by molar-refractivity contribution is 0.0698. The lowest BCUT2D eigenvalue weighted by Crippen LogP contribution is -2.20. The molecular weight excluding hydrogens is 222 g/mol. The van der Waals surface area contributed by atoms with Gasteiger partial charge in [0.25, 0.3) is 0 Å². The molecule has 1 aromatic carbocycles. The van der Waals surface area contributed by atoms with Gasteiger partial charge in [0.2, 0.25) is 0 Å². The zero-order valence-electron chi connectivity index (χ0n) is 9.19. The van der Waals surface area contributed by atoms with E-state index >= 15 is 0 Å². The second-order valence-electron chi connectivity index (χ2n) is 4.01. The molecule has 1 fully saturated rings. The van der Waals surface area contributed by atoms with Crippen LogP contribution in [0.15, 0.2) is 18.2 Å². The van der Waals surface area contributed by atoms with Gasteiger partial charge in [-0.05, 0) is 30.7 Å². The molecule has 0 bridgehead atoms. The van der Waals surface area contributed by atoms with Gasteiger partial charge >= 0.3 is 5.97 Å². The predicted octanol–water partition coefficient (Wildman–Crippen LogP) is 2.61. The summed E-state index contributed by atoms with van der Waals surface area (Å²) in [5, 5.41) is 12.5. The highest BCUT2D eigenvalue weighted by Gasteiger charge is 2.19. The summed E-state index contributed by atoms with van der Waals surface area (Å²) >= 11 is 1.91. The average Bonchev–Trinajstić information content (AvgIpc) is 2.73. The molecule has 1 atom stereocenters. The highest BCUT2D eigenvalue weighted by atomic mass is 32.2. The molecule has 0 aliphatic carbocycles. The van der Waals surface area contributed by atoms with Crippen molar-refractivity contribution in [3.05, 3.63) is 29.3 Å². The topological polar surface area (TPSA) is 49.3 Å². The van der Waals surface area contributed by atoms with Crippen LogP contribution in [-0.4, -0.2) is 28.6 Å². The summed E-state index contributed by atoms with van der Waals surface area (Å²) in [6.07, 6.45) is 1.11. The third-order valence-electron chi connectivity index (χ3n) is 2.78. The monoisotopic (exact) mass is 237 g/mol. The molecule has 1 unspecified atom stereocenters. The van der Waals surface area contributed by atoms with E-state index in [1.54, 1.807) is 12.1 Å². The van der Waals surface area contributed by atoms with E-state index in [2.05, 4.69) is 5.32 Å². The molecule has 0 saturated carbocycles. The maximum atomic E-state index is 11.1. The van der Waals surface area contributed by atoms with Crippen LogP contribution in [-0.2, 0) is 0 Å². The van der Waals surface area contributed by atoms with Gasteiger partial charge in [0, 0.05) is 11.8 Å². The Morgan fingerprint density at radius 1 is 1.56 bits per heavy atom. The number of carbonyl (C=O) groups is 1. The first-order valence-corrected chi connectivity index (χ1v) is 6.51. The minimum Gasteiger partial charge on any atom is -0.478 e. The normalized spacial score (nSPS) is 19.7. The molecule has 1 saturated heterocycles. The second-order valence-corrected chi connectivity index (χ2v) is 5.16. The lowest BCUT2D eigenvalue weighted by atomic mass is 10.1. The first-order valence-electron chi connectivity index (χ1n) is 5.35. The van der Waals surface area contributed by atoms with E-state index < -0.39 is 5.97 Å². The van der Waals surface area contributed by atoms with Crippen molar-refractivity contribution in [2.75, 3.05) is 16.8 Å². The minimum absolute atomic E-state index is 0.372. The smallest absolute Gasteiger partial charge is 0.337 e. The molecule has 1 heterocycles. The van der Waals surface area contributed by atoms with Crippen LogP contribution in [0.4, 0.5) is 5.69 Å². The van der Waals surface area contributed by atoms with Gasteiger partial charge in [-0.2, -0.15) is 11.8 Å². The van der Waals surface area contributed by atoms with Gasteiger partial charge < -0.3 is 10.4 Å². The Hall–Kier alpha value is -1.16. The van der Waals surface area contributed by atoms with Crippen molar-refractivity contribution < 1.29 is 9.90 Å². The Labute approximate surface area is 99.2 Å². The number of aromatic carboxylic acids is 1. The van der Waals surface area contributed by atoms with Crippen molar-refractivity contribution in [2.45, 2.75) is 19.4 Å². The number of hydrogen-bond acceptors (Lipinski definition) is 3. The molecule has 1 aromatic rings. The third kappa shape index (κ3) is 2.32. The largest absolute Gasteiger partial charge is 0.478 e. The van der Waals surface area contributed by atoms with Crippen molar-refractivity contribution in [2.24, 2.45) is 0 Å². The molecular formula is C12H15NO2S. The number of aryl methyl sites for hydroxylation is 1. The minimum atomic E-state index is -0.864. The summed E-state index contributed by atoms with van der Waals surface area (Å²) in [7, 11) is 0. The molecule has 86 valence electrons. The fraction of sp³-hybridized carbons (Fsp3) is 0.417. The number of thioether (sulfide) groups is 1. The van der Waals surface area contributed by atoms with Gasteiger partial charge in [-0.1, -0.05) is 12.1 Å². The molecule has 0 radical (unpaired) electrons. The molecule has 1 aliphatic rings. The molecule has 4 heteroatoms. The number of carboxylic acids is 1. The van der Waals surface area contributed by atoms with Gasteiger partial charge in [0.1, 0.15) is 0 Å². The van der Waals surface area contributed by atoms with Crippen molar-refractivity contribution >= 4 is 23.4 Å². The van der Waals surface area contributed by atoms with Gasteiger partial charge in [-0.15, -0.1) is 0 Å². The average molecular weight is 237 g/mol. The molecule has 0 amide bonds. The van der Waals surface area contributed by atoms with Crippen LogP contribution in [0.2, 0.25) is 0 Å². The summed E-state index contributed by atoms with van der Waals surface area (Å²) in [6, 6.07) is 5.79. The number of rotatable bonds is 3. The van der Waals surface area contributed by atoms with Gasteiger partial charge in [0.05, 0.1) is 11.3 Å². The van der Waals surface area contributed by atoms with Gasteiger partial charge in [-0.25, -0.2) is 4.79 Å². The molecule has 1 aliphatic heterocycles. The maximum Gasteiger partial charge on any atom is 0.337 e. The van der Waals surface area contributed by atoms with Crippen molar-refractivity contribution in [1.82, 2.24) is 0 Å². The van der Waals surface area contributed by atoms with Crippen LogP contribution in [0.25, 0.3) is 0 Å². The van der Waals surface area contributed by atoms with Crippen molar-refractivity contribution in [3.63, 3.8) is 0 Å². The first-order chi connectivity index (χ1) is 7.68. The lowest BCUT2D eigenvalue weighted by Gasteiger charge is -2.17. The molecule has 3 nitrogen and oxygen atoms in total. The number of carboxylic acid groups (broad SMARTS) is 1. The van der Waals surface area contributed by atoms with Crippen molar-refractivity contribution in [1.29, 1.82) is 0 Å². The van der Waals surface area contributed by atoms with Crippen LogP contribution in [0.5, 0.6) is 0 Å². The Kier molecular flexibility index (Phi) is 3.39. The Morgan fingerprint density at radius 3 is 3.00 bits per heavy atom. The molecule has 16 heavy (non-hydrogen) atoms. The van der Waals surface area contributed by atoms with E-state index in [4.69, 9.17) is 5.11 Å². The number of nitrogens with one attached hydrogen (secondary N) is 1. The Bertz CT molecular complexity index is 400. The van der Waals surface area contributed by atoms with E-state index in [0.717, 1.165) is 29.2 Å². The van der Waals surface area contributed by atoms with Crippen LogP contribution in [0.3, 0.4) is 0 Å². The van der Waals surface area contributed by atoms with E-state index in [1.165, 1.54) is 0 Å². The molecule has 0 aromatic heterocycles. The zero-order valence-corrected chi connectivity index (χ0v) is 10.0. The fourth-order valence-electron chi connectivity index (χ4n) is 1.89. The number of hydrogen-bond donors (Lipinski definition) is 2. The molecule has 2 rings (SSSR count). The fourth-order valence-corrected chi connectivity index (χ4v) is 3.04. The third-order valence-corrected chi connectivity index (χ3v) is 3.94. The number of benzene rings is 1. The van der Waals surface area contributed by atoms with E-state index in [9.17, 15) is 4.79 Å². The first kappa shape index (κ1) is 11.3. The SMILES string of the molecule is Cc1cccc(C(=O)O)c1NC1CCSC1. The van der Waals surface area contributed by atoms with Gasteiger partial charge in [0.15, 0.2) is 0 Å². The Balaban J connectivity index is 2.26. The van der Waals surface area contributed by atoms with Crippen molar-refractivity contribution in [3.8, 4) is 0 Å². The number of para-hydroxylation sites is 1. The molecule has 0 spiro atoms. The highest BCUT2D eigenvalue weighted by Crippen LogP contribution is 2.26. The summed E-state index contributed by atoms with van der Waals surface area (Å²) in [5.41, 5.74) is 2.15. The predicted molar refractivity (Wildman–Crippen MR) is 67.5 cm³/mol. The van der Waals surface area contributed by atoms with E-state index in [0.29, 0.717) is 11.6 Å². The Morgan fingerprint density at radius 2 is 2.38 bits per heavy atom. The second kappa shape index (κ2) is 4.78. The van der Waals surface area contributed by atoms with Crippen LogP contribution in [0, 0.1) is 6.92 Å². The maximum absolute atomic E-state index is 11.1. The summed E-state index contributed by atoms with van der Waals surface area (Å²) in [4.78, 5) is 11.1. The summed E-state index contributed by atoms with van der Waals surface area (Å²) in [6.45, 7) is 1.94. The summed E-state index contributed by atoms with van der Waals surface area (Å²) < 4.78 is 0. The van der Waals surface area contributed by atoms with Crippen LogP contribution >= 0.6 is 11.8 Å². The molecule has 2 N–H and O–H groups in total.